The van der Waals surface area contributed by atoms with Crippen LogP contribution in [0.25, 0.3) is 0 Å². The van der Waals surface area contributed by atoms with Gasteiger partial charge in [-0.15, -0.1) is 0 Å². The third-order valence-corrected chi connectivity index (χ3v) is 3.98. The van der Waals surface area contributed by atoms with Gasteiger partial charge in [0.1, 0.15) is 48.8 Å². The van der Waals surface area contributed by atoms with Crippen molar-refractivity contribution in [2.24, 2.45) is 0 Å². The first-order valence-electron chi connectivity index (χ1n) is 7.08. The standard InChI is InChI=1S/C12H22O11.Ca.2H/c13-1-3-5(15)6(16)9(19)12(22-3)23-10-4(2-14)21-11(20)8(18)7(10)17;;;/h3-20H,1-2H2;;;/t3-,4-,5+,6+,7-,8-,9-,10-,11+,12+;;;/m1.../s1. The van der Waals surface area contributed by atoms with Crippen LogP contribution in [0.3, 0.4) is 0 Å². The Morgan fingerprint density at radius 2 is 1.25 bits per heavy atom. The number of rotatable bonds is 4. The summed E-state index contributed by atoms with van der Waals surface area (Å²) in [5.74, 6) is 0. The van der Waals surface area contributed by atoms with Crippen molar-refractivity contribution in [2.75, 3.05) is 13.2 Å². The third-order valence-electron chi connectivity index (χ3n) is 3.98. The summed E-state index contributed by atoms with van der Waals surface area (Å²) in [6.07, 6.45) is -15.6. The molecule has 12 heteroatoms. The zero-order valence-corrected chi connectivity index (χ0v) is 12.0. The monoisotopic (exact) mass is 384 g/mol. The fourth-order valence-electron chi connectivity index (χ4n) is 2.57. The number of hydrogen-bond acceptors (Lipinski definition) is 11. The Morgan fingerprint density at radius 3 is 1.79 bits per heavy atom. The molecule has 0 aromatic heterocycles. The molecule has 0 unspecified atom stereocenters. The summed E-state index contributed by atoms with van der Waals surface area (Å²) in [5.41, 5.74) is 0. The van der Waals surface area contributed by atoms with Gasteiger partial charge in [-0.2, -0.15) is 0 Å². The van der Waals surface area contributed by atoms with E-state index in [1.165, 1.54) is 0 Å². The van der Waals surface area contributed by atoms with Gasteiger partial charge in [-0.1, -0.05) is 0 Å². The van der Waals surface area contributed by atoms with Crippen molar-refractivity contribution < 1.29 is 55.1 Å². The van der Waals surface area contributed by atoms with Gasteiger partial charge in [0.15, 0.2) is 12.6 Å². The first-order chi connectivity index (χ1) is 10.8. The molecule has 0 aromatic carbocycles. The zero-order chi connectivity index (χ0) is 17.3. The molecule has 0 bridgehead atoms. The van der Waals surface area contributed by atoms with E-state index in [1.807, 2.05) is 0 Å². The molecule has 0 aliphatic carbocycles. The van der Waals surface area contributed by atoms with Gasteiger partial charge >= 0.3 is 37.7 Å². The minimum absolute atomic E-state index is 0. The van der Waals surface area contributed by atoms with Crippen molar-refractivity contribution >= 4 is 37.7 Å². The Morgan fingerprint density at radius 1 is 0.667 bits per heavy atom. The molecule has 0 radical (unpaired) electrons. The SMILES string of the molecule is OC[C@H]1O[C@@H](O[C@H]2[C@H](O)[C@@H](O)[C@@H](O)O[C@@H]2CO)[C@H](O)[C@@H](O)[C@H]1O.[CaH2]. The van der Waals surface area contributed by atoms with E-state index in [1.54, 1.807) is 0 Å². The Labute approximate surface area is 167 Å². The van der Waals surface area contributed by atoms with Gasteiger partial charge < -0.3 is 55.1 Å². The molecule has 0 spiro atoms. The quantitative estimate of drug-likeness (QED) is 0.215. The Kier molecular flexibility index (Phi) is 9.21. The van der Waals surface area contributed by atoms with Gasteiger partial charge in [-0.05, 0) is 0 Å². The van der Waals surface area contributed by atoms with Gasteiger partial charge in [0.2, 0.25) is 0 Å². The second-order valence-corrected chi connectivity index (χ2v) is 5.53. The van der Waals surface area contributed by atoms with E-state index in [-0.39, 0.29) is 37.7 Å². The molecule has 0 saturated carbocycles. The summed E-state index contributed by atoms with van der Waals surface area (Å²) >= 11 is 0. The maximum absolute atomic E-state index is 9.94. The van der Waals surface area contributed by atoms with Gasteiger partial charge in [0.25, 0.3) is 0 Å². The van der Waals surface area contributed by atoms with E-state index >= 15 is 0 Å². The van der Waals surface area contributed by atoms with Gasteiger partial charge in [-0.3, -0.25) is 0 Å². The van der Waals surface area contributed by atoms with Crippen LogP contribution in [0.15, 0.2) is 0 Å². The fraction of sp³-hybridized carbons (Fsp3) is 1.00. The Bertz CT molecular complexity index is 384. The third kappa shape index (κ3) is 4.56. The summed E-state index contributed by atoms with van der Waals surface area (Å²) < 4.78 is 15.3. The Balaban J connectivity index is 0.00000288. The fourth-order valence-corrected chi connectivity index (χ4v) is 2.57. The van der Waals surface area contributed by atoms with E-state index in [0.29, 0.717) is 0 Å². The van der Waals surface area contributed by atoms with Crippen LogP contribution < -0.4 is 0 Å². The molecule has 24 heavy (non-hydrogen) atoms. The number of ether oxygens (including phenoxy) is 3. The van der Waals surface area contributed by atoms with Crippen molar-refractivity contribution in [1.29, 1.82) is 0 Å². The second-order valence-electron chi connectivity index (χ2n) is 5.53. The molecule has 10 atom stereocenters. The molecule has 2 rings (SSSR count). The molecule has 140 valence electrons. The van der Waals surface area contributed by atoms with E-state index in [9.17, 15) is 35.7 Å². The molecule has 11 nitrogen and oxygen atoms in total. The minimum atomic E-state index is -1.74. The van der Waals surface area contributed by atoms with Crippen LogP contribution in [-0.4, -0.2) is 153 Å². The van der Waals surface area contributed by atoms with Crippen molar-refractivity contribution in [1.82, 2.24) is 0 Å². The van der Waals surface area contributed by atoms with Crippen LogP contribution in [0.5, 0.6) is 0 Å². The van der Waals surface area contributed by atoms with Crippen molar-refractivity contribution in [3.8, 4) is 0 Å². The summed E-state index contributed by atoms with van der Waals surface area (Å²) in [5, 5.41) is 76.5. The van der Waals surface area contributed by atoms with E-state index in [4.69, 9.17) is 19.3 Å². The predicted octanol–water partition coefficient (Wildman–Crippen LogP) is -6.31. The van der Waals surface area contributed by atoms with E-state index < -0.39 is 74.6 Å². The first-order valence-corrected chi connectivity index (χ1v) is 7.08. The van der Waals surface area contributed by atoms with Crippen LogP contribution in [0, 0.1) is 0 Å². The Hall–Kier alpha value is 0.820. The molecule has 2 saturated heterocycles. The molecule has 2 aliphatic rings. The molecule has 8 N–H and O–H groups in total. The first kappa shape index (κ1) is 22.9. The van der Waals surface area contributed by atoms with Crippen molar-refractivity contribution in [2.45, 2.75) is 61.4 Å². The summed E-state index contributed by atoms with van der Waals surface area (Å²) in [6, 6.07) is 0. The normalized spacial score (nSPS) is 49.5. The molecule has 0 amide bonds. The van der Waals surface area contributed by atoms with Crippen molar-refractivity contribution in [3.63, 3.8) is 0 Å². The van der Waals surface area contributed by atoms with Gasteiger partial charge in [0.05, 0.1) is 13.2 Å². The average molecular weight is 384 g/mol. The molecule has 2 heterocycles. The second kappa shape index (κ2) is 9.67. The van der Waals surface area contributed by atoms with Crippen molar-refractivity contribution in [3.05, 3.63) is 0 Å². The van der Waals surface area contributed by atoms with Crippen LogP contribution in [-0.2, 0) is 14.2 Å². The summed E-state index contributed by atoms with van der Waals surface area (Å²) in [7, 11) is 0. The molecule has 2 fully saturated rings. The number of hydrogen-bond donors (Lipinski definition) is 8. The molecule has 0 aromatic rings. The van der Waals surface area contributed by atoms with E-state index in [0.717, 1.165) is 0 Å². The topological polar surface area (TPSA) is 190 Å². The summed E-state index contributed by atoms with van der Waals surface area (Å²) in [6.45, 7) is -1.35. The molecular formula is C12H24CaO11. The van der Waals surface area contributed by atoms with E-state index in [2.05, 4.69) is 0 Å². The maximum atomic E-state index is 9.94. The number of aliphatic hydroxyl groups is 8. The van der Waals surface area contributed by atoms with Crippen LogP contribution in [0.4, 0.5) is 0 Å². The summed E-state index contributed by atoms with van der Waals surface area (Å²) in [4.78, 5) is 0. The molecule has 2 aliphatic heterocycles. The number of aliphatic hydroxyl groups excluding tert-OH is 8. The van der Waals surface area contributed by atoms with Crippen LogP contribution in [0.2, 0.25) is 0 Å². The molecular weight excluding hydrogens is 360 g/mol. The predicted molar refractivity (Wildman–Crippen MR) is 77.2 cm³/mol. The van der Waals surface area contributed by atoms with Crippen LogP contribution in [0.1, 0.15) is 0 Å². The zero-order valence-electron chi connectivity index (χ0n) is 12.0. The van der Waals surface area contributed by atoms with Gasteiger partial charge in [0, 0.05) is 0 Å². The van der Waals surface area contributed by atoms with Gasteiger partial charge in [-0.25, -0.2) is 0 Å². The average Bonchev–Trinajstić information content (AvgIpc) is 2.55. The van der Waals surface area contributed by atoms with Crippen LogP contribution >= 0.6 is 0 Å².